The van der Waals surface area contributed by atoms with E-state index in [1.165, 1.54) is 25.7 Å². The number of hydrogen-bond donors (Lipinski definition) is 1. The topological polar surface area (TPSA) is 61.5 Å². The van der Waals surface area contributed by atoms with Gasteiger partial charge >= 0.3 is 5.97 Å². The lowest BCUT2D eigenvalue weighted by Gasteiger charge is -2.14. The van der Waals surface area contributed by atoms with Gasteiger partial charge in [-0.2, -0.15) is 0 Å². The van der Waals surface area contributed by atoms with Crippen LogP contribution < -0.4 is 5.73 Å². The molecule has 0 radical (unpaired) electrons. The minimum Gasteiger partial charge on any atom is -0.465 e. The van der Waals surface area contributed by atoms with Crippen LogP contribution in [0.4, 0.5) is 0 Å². The van der Waals surface area contributed by atoms with E-state index in [9.17, 15) is 4.79 Å². The van der Waals surface area contributed by atoms with Gasteiger partial charge in [0.1, 0.15) is 0 Å². The molecular formula is C11H21NO3. The molecule has 0 saturated heterocycles. The molecule has 15 heavy (non-hydrogen) atoms. The van der Waals surface area contributed by atoms with E-state index >= 15 is 0 Å². The Morgan fingerprint density at radius 2 is 2.13 bits per heavy atom. The van der Waals surface area contributed by atoms with E-state index < -0.39 is 0 Å². The fourth-order valence-corrected chi connectivity index (χ4v) is 1.90. The van der Waals surface area contributed by atoms with Crippen molar-refractivity contribution in [2.24, 2.45) is 11.7 Å². The van der Waals surface area contributed by atoms with Crippen LogP contribution in [0.5, 0.6) is 0 Å². The Kier molecular flexibility index (Phi) is 5.65. The van der Waals surface area contributed by atoms with Crippen LogP contribution in [0.1, 0.15) is 32.1 Å². The maximum absolute atomic E-state index is 11.4. The van der Waals surface area contributed by atoms with Gasteiger partial charge in [0.25, 0.3) is 0 Å². The van der Waals surface area contributed by atoms with Crippen molar-refractivity contribution in [1.29, 1.82) is 0 Å². The molecule has 1 atom stereocenters. The SMILES string of the molecule is COC(CN)CC(=O)OCC1CCCC1. The van der Waals surface area contributed by atoms with Crippen LogP contribution in [0.15, 0.2) is 0 Å². The molecule has 1 rings (SSSR count). The van der Waals surface area contributed by atoms with Crippen molar-refractivity contribution in [2.45, 2.75) is 38.2 Å². The van der Waals surface area contributed by atoms with Gasteiger partial charge in [0, 0.05) is 13.7 Å². The summed E-state index contributed by atoms with van der Waals surface area (Å²) in [5, 5.41) is 0. The summed E-state index contributed by atoms with van der Waals surface area (Å²) in [7, 11) is 1.56. The van der Waals surface area contributed by atoms with Gasteiger partial charge in [-0.1, -0.05) is 12.8 Å². The summed E-state index contributed by atoms with van der Waals surface area (Å²) in [5.74, 6) is 0.382. The number of nitrogens with two attached hydrogens (primary N) is 1. The number of ether oxygens (including phenoxy) is 2. The average Bonchev–Trinajstić information content (AvgIpc) is 2.75. The molecule has 0 heterocycles. The smallest absolute Gasteiger partial charge is 0.308 e. The molecule has 4 heteroatoms. The zero-order valence-corrected chi connectivity index (χ0v) is 9.41. The first-order chi connectivity index (χ1) is 7.26. The molecular weight excluding hydrogens is 194 g/mol. The third-order valence-electron chi connectivity index (χ3n) is 2.95. The molecule has 0 amide bonds. The van der Waals surface area contributed by atoms with E-state index in [-0.39, 0.29) is 18.5 Å². The van der Waals surface area contributed by atoms with Crippen LogP contribution in [-0.2, 0) is 14.3 Å². The van der Waals surface area contributed by atoms with Gasteiger partial charge in [-0.15, -0.1) is 0 Å². The molecule has 1 aliphatic rings. The monoisotopic (exact) mass is 215 g/mol. The third-order valence-corrected chi connectivity index (χ3v) is 2.95. The number of carbonyl (C=O) groups excluding carboxylic acids is 1. The van der Waals surface area contributed by atoms with E-state index in [1.54, 1.807) is 7.11 Å². The Bertz CT molecular complexity index is 186. The normalized spacial score (nSPS) is 19.1. The molecule has 88 valence electrons. The van der Waals surface area contributed by atoms with Crippen LogP contribution >= 0.6 is 0 Å². The van der Waals surface area contributed by atoms with E-state index in [4.69, 9.17) is 15.2 Å². The Morgan fingerprint density at radius 1 is 1.47 bits per heavy atom. The molecule has 0 spiro atoms. The molecule has 1 aliphatic carbocycles. The zero-order valence-electron chi connectivity index (χ0n) is 9.41. The first-order valence-electron chi connectivity index (χ1n) is 5.64. The number of rotatable bonds is 6. The quantitative estimate of drug-likeness (QED) is 0.674. The summed E-state index contributed by atoms with van der Waals surface area (Å²) in [5.41, 5.74) is 5.42. The highest BCUT2D eigenvalue weighted by Gasteiger charge is 2.18. The lowest BCUT2D eigenvalue weighted by atomic mass is 10.1. The predicted octanol–water partition coefficient (Wildman–Crippen LogP) is 1.08. The highest BCUT2D eigenvalue weighted by Crippen LogP contribution is 2.24. The second kappa shape index (κ2) is 6.80. The summed E-state index contributed by atoms with van der Waals surface area (Å²) in [6.45, 7) is 0.925. The summed E-state index contributed by atoms with van der Waals surface area (Å²) in [6.07, 6.45) is 4.98. The van der Waals surface area contributed by atoms with Crippen molar-refractivity contribution >= 4 is 5.97 Å². The number of carbonyl (C=O) groups is 1. The largest absolute Gasteiger partial charge is 0.465 e. The van der Waals surface area contributed by atoms with Crippen molar-refractivity contribution in [3.63, 3.8) is 0 Å². The molecule has 0 bridgehead atoms. The van der Waals surface area contributed by atoms with Crippen LogP contribution in [-0.4, -0.2) is 32.3 Å². The van der Waals surface area contributed by atoms with Crippen molar-refractivity contribution in [3.05, 3.63) is 0 Å². The van der Waals surface area contributed by atoms with Crippen LogP contribution in [0.3, 0.4) is 0 Å². The predicted molar refractivity (Wildman–Crippen MR) is 57.4 cm³/mol. The first-order valence-corrected chi connectivity index (χ1v) is 5.64. The molecule has 1 fully saturated rings. The molecule has 1 saturated carbocycles. The Balaban J connectivity index is 2.11. The maximum atomic E-state index is 11.4. The Hall–Kier alpha value is -0.610. The molecule has 0 aromatic heterocycles. The fourth-order valence-electron chi connectivity index (χ4n) is 1.90. The molecule has 4 nitrogen and oxygen atoms in total. The fraction of sp³-hybridized carbons (Fsp3) is 0.909. The Labute approximate surface area is 91.1 Å². The minimum absolute atomic E-state index is 0.195. The van der Waals surface area contributed by atoms with Gasteiger partial charge in [0.2, 0.25) is 0 Å². The molecule has 1 unspecified atom stereocenters. The summed E-state index contributed by atoms with van der Waals surface area (Å²) in [4.78, 5) is 11.4. The molecule has 0 aliphatic heterocycles. The first kappa shape index (κ1) is 12.5. The van der Waals surface area contributed by atoms with Gasteiger partial charge in [-0.3, -0.25) is 4.79 Å². The summed E-state index contributed by atoms with van der Waals surface area (Å²) < 4.78 is 10.2. The maximum Gasteiger partial charge on any atom is 0.308 e. The highest BCUT2D eigenvalue weighted by atomic mass is 16.5. The summed E-state index contributed by atoms with van der Waals surface area (Å²) >= 11 is 0. The third kappa shape index (κ3) is 4.62. The van der Waals surface area contributed by atoms with Gasteiger partial charge < -0.3 is 15.2 Å². The van der Waals surface area contributed by atoms with Gasteiger partial charge in [0.15, 0.2) is 0 Å². The minimum atomic E-state index is -0.207. The van der Waals surface area contributed by atoms with Gasteiger partial charge in [-0.05, 0) is 18.8 Å². The Morgan fingerprint density at radius 3 is 2.67 bits per heavy atom. The van der Waals surface area contributed by atoms with E-state index in [1.807, 2.05) is 0 Å². The van der Waals surface area contributed by atoms with Crippen molar-refractivity contribution in [1.82, 2.24) is 0 Å². The van der Waals surface area contributed by atoms with Crippen LogP contribution in [0.2, 0.25) is 0 Å². The number of methoxy groups -OCH3 is 1. The van der Waals surface area contributed by atoms with E-state index in [0.29, 0.717) is 19.1 Å². The van der Waals surface area contributed by atoms with Crippen LogP contribution in [0.25, 0.3) is 0 Å². The standard InChI is InChI=1S/C11H21NO3/c1-14-10(7-12)6-11(13)15-8-9-4-2-3-5-9/h9-10H,2-8,12H2,1H3. The second-order valence-corrected chi connectivity index (χ2v) is 4.13. The zero-order chi connectivity index (χ0) is 11.1. The molecule has 2 N–H and O–H groups in total. The average molecular weight is 215 g/mol. The van der Waals surface area contributed by atoms with Gasteiger partial charge in [-0.25, -0.2) is 0 Å². The lowest BCUT2D eigenvalue weighted by molar-refractivity contribution is -0.147. The van der Waals surface area contributed by atoms with Crippen molar-refractivity contribution in [3.8, 4) is 0 Å². The summed E-state index contributed by atoms with van der Waals surface area (Å²) in [6, 6.07) is 0. The second-order valence-electron chi connectivity index (χ2n) is 4.13. The number of hydrogen-bond acceptors (Lipinski definition) is 4. The molecule has 0 aromatic rings. The van der Waals surface area contributed by atoms with Gasteiger partial charge in [0.05, 0.1) is 19.1 Å². The number of esters is 1. The lowest BCUT2D eigenvalue weighted by Crippen LogP contribution is -2.27. The van der Waals surface area contributed by atoms with Crippen molar-refractivity contribution < 1.29 is 14.3 Å². The van der Waals surface area contributed by atoms with Crippen LogP contribution in [0, 0.1) is 5.92 Å². The highest BCUT2D eigenvalue weighted by molar-refractivity contribution is 5.70. The molecule has 0 aromatic carbocycles. The van der Waals surface area contributed by atoms with E-state index in [0.717, 1.165) is 0 Å². The van der Waals surface area contributed by atoms with Crippen molar-refractivity contribution in [2.75, 3.05) is 20.3 Å². The van der Waals surface area contributed by atoms with E-state index in [2.05, 4.69) is 0 Å².